The van der Waals surface area contributed by atoms with E-state index in [9.17, 15) is 0 Å². The number of hydrogen-bond donors (Lipinski definition) is 1. The Kier molecular flexibility index (Phi) is 0.974. The van der Waals surface area contributed by atoms with E-state index in [-0.39, 0.29) is 5.92 Å². The summed E-state index contributed by atoms with van der Waals surface area (Å²) in [4.78, 5) is 8.06. The second-order valence-corrected chi connectivity index (χ2v) is 2.25. The van der Waals surface area contributed by atoms with Crippen LogP contribution in [-0.4, -0.2) is 11.7 Å². The minimum absolute atomic E-state index is 0.271. The van der Waals surface area contributed by atoms with Crippen molar-refractivity contribution in [3.63, 3.8) is 0 Å². The molecular formula is C7H7N3. The molecule has 0 fully saturated rings. The third-order valence-electron chi connectivity index (χ3n) is 1.52. The molecule has 50 valence electrons. The number of aliphatic imine (C=N–C) groups is 2. The van der Waals surface area contributed by atoms with Crippen LogP contribution in [0.4, 0.5) is 0 Å². The molecule has 0 aromatic rings. The van der Waals surface area contributed by atoms with Gasteiger partial charge in [-0.3, -0.25) is 0 Å². The lowest BCUT2D eigenvalue weighted by molar-refractivity contribution is 1.13. The summed E-state index contributed by atoms with van der Waals surface area (Å²) in [5.41, 5.74) is 5.45. The topological polar surface area (TPSA) is 50.7 Å². The highest BCUT2D eigenvalue weighted by atomic mass is 15.0. The maximum absolute atomic E-state index is 5.45. The Balaban J connectivity index is 2.39. The van der Waals surface area contributed by atoms with Gasteiger partial charge in [0.25, 0.3) is 0 Å². The molecular weight excluding hydrogens is 126 g/mol. The molecule has 3 heteroatoms. The number of dihydropyridines is 1. The molecule has 1 unspecified atom stereocenters. The van der Waals surface area contributed by atoms with Gasteiger partial charge >= 0.3 is 0 Å². The lowest BCUT2D eigenvalue weighted by Gasteiger charge is -2.06. The van der Waals surface area contributed by atoms with E-state index in [2.05, 4.69) is 9.98 Å². The number of hydrogen-bond acceptors (Lipinski definition) is 3. The number of nitrogens with two attached hydrogens (primary N) is 1. The summed E-state index contributed by atoms with van der Waals surface area (Å²) in [5.74, 6) is 1.62. The lowest BCUT2D eigenvalue weighted by Crippen LogP contribution is -2.18. The van der Waals surface area contributed by atoms with E-state index in [1.165, 1.54) is 0 Å². The molecule has 0 bridgehead atoms. The van der Waals surface area contributed by atoms with Crippen molar-refractivity contribution in [2.45, 2.75) is 0 Å². The molecule has 0 spiro atoms. The van der Waals surface area contributed by atoms with Crippen LogP contribution < -0.4 is 5.73 Å². The number of amidine groups is 2. The van der Waals surface area contributed by atoms with Crippen molar-refractivity contribution in [3.8, 4) is 0 Å². The molecule has 0 aliphatic carbocycles. The van der Waals surface area contributed by atoms with Gasteiger partial charge in [-0.1, -0.05) is 12.2 Å². The van der Waals surface area contributed by atoms with Gasteiger partial charge in [0, 0.05) is 6.20 Å². The normalized spacial score (nSPS) is 27.8. The van der Waals surface area contributed by atoms with Gasteiger partial charge in [0.15, 0.2) is 0 Å². The van der Waals surface area contributed by atoms with E-state index in [1.54, 1.807) is 12.3 Å². The quantitative estimate of drug-likeness (QED) is 0.512. The highest BCUT2D eigenvalue weighted by molar-refractivity contribution is 6.07. The van der Waals surface area contributed by atoms with E-state index in [0.717, 1.165) is 5.84 Å². The van der Waals surface area contributed by atoms with Crippen LogP contribution in [0.3, 0.4) is 0 Å². The molecule has 2 rings (SSSR count). The first kappa shape index (κ1) is 5.41. The molecule has 0 amide bonds. The molecule has 0 saturated heterocycles. The van der Waals surface area contributed by atoms with Crippen LogP contribution in [0.5, 0.6) is 0 Å². The molecule has 3 nitrogen and oxygen atoms in total. The predicted octanol–water partition coefficient (Wildman–Crippen LogP) is 0.455. The Morgan fingerprint density at radius 2 is 2.30 bits per heavy atom. The summed E-state index contributed by atoms with van der Waals surface area (Å²) in [7, 11) is 0. The smallest absolute Gasteiger partial charge is 0.141 e. The van der Waals surface area contributed by atoms with E-state index in [0.29, 0.717) is 5.84 Å². The average Bonchev–Trinajstić information content (AvgIpc) is 2.33. The minimum atomic E-state index is 0.271. The Labute approximate surface area is 58.7 Å². The third kappa shape index (κ3) is 0.673. The molecule has 0 saturated carbocycles. The highest BCUT2D eigenvalue weighted by Crippen LogP contribution is 2.15. The number of fused-ring (bicyclic) bond motifs is 1. The van der Waals surface area contributed by atoms with Gasteiger partial charge < -0.3 is 5.73 Å². The zero-order valence-corrected chi connectivity index (χ0v) is 5.36. The summed E-state index contributed by atoms with van der Waals surface area (Å²) < 4.78 is 0. The minimum Gasteiger partial charge on any atom is -0.384 e. The van der Waals surface area contributed by atoms with Crippen LogP contribution >= 0.6 is 0 Å². The van der Waals surface area contributed by atoms with Crippen LogP contribution in [-0.2, 0) is 0 Å². The summed E-state index contributed by atoms with van der Waals surface area (Å²) >= 11 is 0. The third-order valence-corrected chi connectivity index (χ3v) is 1.52. The summed E-state index contributed by atoms with van der Waals surface area (Å²) in [5, 5.41) is 0. The first-order valence-electron chi connectivity index (χ1n) is 3.13. The Morgan fingerprint density at radius 1 is 1.40 bits per heavy atom. The fourth-order valence-corrected chi connectivity index (χ4v) is 1.01. The highest BCUT2D eigenvalue weighted by Gasteiger charge is 2.15. The zero-order valence-electron chi connectivity index (χ0n) is 5.36. The van der Waals surface area contributed by atoms with Crippen molar-refractivity contribution in [3.05, 3.63) is 24.4 Å². The molecule has 2 aliphatic heterocycles. The Morgan fingerprint density at radius 3 is 3.20 bits per heavy atom. The number of rotatable bonds is 0. The first-order chi connectivity index (χ1) is 4.86. The fraction of sp³-hybridized carbons (Fsp3) is 0.143. The van der Waals surface area contributed by atoms with Crippen molar-refractivity contribution in [1.29, 1.82) is 0 Å². The van der Waals surface area contributed by atoms with Crippen molar-refractivity contribution >= 4 is 11.7 Å². The lowest BCUT2D eigenvalue weighted by atomic mass is 10.1. The summed E-state index contributed by atoms with van der Waals surface area (Å²) in [6, 6.07) is 0. The second-order valence-electron chi connectivity index (χ2n) is 2.25. The fourth-order valence-electron chi connectivity index (χ4n) is 1.01. The molecule has 10 heavy (non-hydrogen) atoms. The van der Waals surface area contributed by atoms with Gasteiger partial charge in [-0.25, -0.2) is 9.98 Å². The van der Waals surface area contributed by atoms with Crippen molar-refractivity contribution in [1.82, 2.24) is 0 Å². The molecule has 0 aromatic carbocycles. The van der Waals surface area contributed by atoms with Gasteiger partial charge in [0.05, 0.1) is 5.92 Å². The van der Waals surface area contributed by atoms with E-state index in [1.807, 2.05) is 12.2 Å². The second kappa shape index (κ2) is 1.80. The Bertz CT molecular complexity index is 271. The largest absolute Gasteiger partial charge is 0.384 e. The SMILES string of the molecule is NC1=NC2=NC=CC2C=C1. The molecule has 0 radical (unpaired) electrons. The van der Waals surface area contributed by atoms with Crippen molar-refractivity contribution in [2.75, 3.05) is 0 Å². The van der Waals surface area contributed by atoms with Gasteiger partial charge in [-0.15, -0.1) is 0 Å². The van der Waals surface area contributed by atoms with Crippen molar-refractivity contribution < 1.29 is 0 Å². The van der Waals surface area contributed by atoms with Gasteiger partial charge in [0.2, 0.25) is 0 Å². The van der Waals surface area contributed by atoms with Gasteiger partial charge in [-0.2, -0.15) is 0 Å². The molecule has 2 heterocycles. The predicted molar refractivity (Wildman–Crippen MR) is 40.8 cm³/mol. The van der Waals surface area contributed by atoms with Crippen LogP contribution in [0.2, 0.25) is 0 Å². The van der Waals surface area contributed by atoms with E-state index < -0.39 is 0 Å². The van der Waals surface area contributed by atoms with Crippen LogP contribution in [0.1, 0.15) is 0 Å². The molecule has 2 N–H and O–H groups in total. The van der Waals surface area contributed by atoms with Crippen molar-refractivity contribution in [2.24, 2.45) is 21.6 Å². The maximum Gasteiger partial charge on any atom is 0.141 e. The van der Waals surface area contributed by atoms with Gasteiger partial charge in [-0.05, 0) is 6.08 Å². The zero-order chi connectivity index (χ0) is 6.97. The monoisotopic (exact) mass is 133 g/mol. The Hall–Kier alpha value is -1.38. The summed E-state index contributed by atoms with van der Waals surface area (Å²) in [6.45, 7) is 0. The standard InChI is InChI=1S/C7H7N3/c8-6-2-1-5-3-4-9-7(5)10-6/h1-5H,(H2,8,9,10). The van der Waals surface area contributed by atoms with Crippen LogP contribution in [0, 0.1) is 5.92 Å². The van der Waals surface area contributed by atoms with E-state index >= 15 is 0 Å². The van der Waals surface area contributed by atoms with Crippen LogP contribution in [0.15, 0.2) is 34.4 Å². The molecule has 0 aromatic heterocycles. The van der Waals surface area contributed by atoms with Gasteiger partial charge in [0.1, 0.15) is 11.7 Å². The molecule has 1 atom stereocenters. The first-order valence-corrected chi connectivity index (χ1v) is 3.13. The van der Waals surface area contributed by atoms with Crippen LogP contribution in [0.25, 0.3) is 0 Å². The average molecular weight is 133 g/mol. The number of nitrogens with zero attached hydrogens (tertiary/aromatic N) is 2. The molecule has 2 aliphatic rings. The van der Waals surface area contributed by atoms with E-state index in [4.69, 9.17) is 5.73 Å². The maximum atomic E-state index is 5.45. The summed E-state index contributed by atoms with van der Waals surface area (Å²) in [6.07, 6.45) is 7.54.